The van der Waals surface area contributed by atoms with E-state index in [1.54, 1.807) is 63.4 Å². The van der Waals surface area contributed by atoms with Gasteiger partial charge in [0.1, 0.15) is 12.3 Å². The maximum Gasteiger partial charge on any atom is 0.338 e. The Balaban J connectivity index is 1.63. The number of hydrogen-bond donors (Lipinski definition) is 2. The summed E-state index contributed by atoms with van der Waals surface area (Å²) in [6.07, 6.45) is 0. The van der Waals surface area contributed by atoms with E-state index in [4.69, 9.17) is 9.47 Å². The summed E-state index contributed by atoms with van der Waals surface area (Å²) in [5, 5.41) is 13.2. The topological polar surface area (TPSA) is 124 Å². The van der Waals surface area contributed by atoms with E-state index in [-0.39, 0.29) is 24.8 Å². The van der Waals surface area contributed by atoms with E-state index < -0.39 is 11.9 Å². The fraction of sp³-hybridized carbons (Fsp3) is 0.227. The molecule has 0 saturated carbocycles. The SMILES string of the molecule is CCOC(=O)c1cccc(NC(=O)Cn2nnc(C(=O)Nc3ccc(OC)cc3)c2C)c1. The standard InChI is InChI=1S/C22H23N5O5/c1-4-32-22(30)15-6-5-7-17(12-15)23-19(28)13-27-14(2)20(25-26-27)21(29)24-16-8-10-18(31-3)11-9-16/h5-12H,4,13H2,1-3H3,(H,23,28)(H,24,29). The molecular formula is C22H23N5O5. The van der Waals surface area contributed by atoms with E-state index >= 15 is 0 Å². The normalized spacial score (nSPS) is 10.3. The highest BCUT2D eigenvalue weighted by atomic mass is 16.5. The molecule has 0 bridgehead atoms. The zero-order valence-electron chi connectivity index (χ0n) is 17.9. The van der Waals surface area contributed by atoms with Crippen LogP contribution in [0.4, 0.5) is 11.4 Å². The largest absolute Gasteiger partial charge is 0.497 e. The number of methoxy groups -OCH3 is 1. The highest BCUT2D eigenvalue weighted by Crippen LogP contribution is 2.16. The average molecular weight is 437 g/mol. The molecule has 0 radical (unpaired) electrons. The molecule has 3 aromatic rings. The van der Waals surface area contributed by atoms with E-state index in [0.717, 1.165) is 0 Å². The van der Waals surface area contributed by atoms with Crippen LogP contribution in [-0.2, 0) is 16.1 Å². The van der Waals surface area contributed by atoms with Gasteiger partial charge in [0.25, 0.3) is 5.91 Å². The molecule has 0 saturated heterocycles. The van der Waals surface area contributed by atoms with Gasteiger partial charge >= 0.3 is 5.97 Å². The van der Waals surface area contributed by atoms with Crippen LogP contribution >= 0.6 is 0 Å². The van der Waals surface area contributed by atoms with Gasteiger partial charge in [-0.1, -0.05) is 11.3 Å². The monoisotopic (exact) mass is 437 g/mol. The van der Waals surface area contributed by atoms with Crippen LogP contribution in [0, 0.1) is 6.92 Å². The number of nitrogens with zero attached hydrogens (tertiary/aromatic N) is 3. The van der Waals surface area contributed by atoms with Gasteiger partial charge in [-0.15, -0.1) is 5.10 Å². The van der Waals surface area contributed by atoms with Crippen LogP contribution in [0.1, 0.15) is 33.5 Å². The molecule has 32 heavy (non-hydrogen) atoms. The van der Waals surface area contributed by atoms with Crippen LogP contribution in [0.5, 0.6) is 5.75 Å². The van der Waals surface area contributed by atoms with E-state index in [9.17, 15) is 14.4 Å². The number of nitrogens with one attached hydrogen (secondary N) is 2. The molecule has 1 heterocycles. The Morgan fingerprint density at radius 3 is 2.47 bits per heavy atom. The molecule has 1 aromatic heterocycles. The summed E-state index contributed by atoms with van der Waals surface area (Å²) >= 11 is 0. The van der Waals surface area contributed by atoms with Gasteiger partial charge in [-0.05, 0) is 56.3 Å². The Morgan fingerprint density at radius 2 is 1.78 bits per heavy atom. The molecule has 10 nitrogen and oxygen atoms in total. The zero-order chi connectivity index (χ0) is 23.1. The van der Waals surface area contributed by atoms with Crippen LogP contribution in [0.25, 0.3) is 0 Å². The number of amides is 2. The summed E-state index contributed by atoms with van der Waals surface area (Å²) in [7, 11) is 1.56. The van der Waals surface area contributed by atoms with E-state index in [1.807, 2.05) is 0 Å². The summed E-state index contributed by atoms with van der Waals surface area (Å²) < 4.78 is 11.4. The van der Waals surface area contributed by atoms with Gasteiger partial charge in [-0.2, -0.15) is 0 Å². The fourth-order valence-electron chi connectivity index (χ4n) is 2.86. The van der Waals surface area contributed by atoms with Gasteiger partial charge in [0.2, 0.25) is 5.91 Å². The Morgan fingerprint density at radius 1 is 1.03 bits per heavy atom. The molecule has 2 amide bonds. The second-order valence-electron chi connectivity index (χ2n) is 6.71. The average Bonchev–Trinajstić information content (AvgIpc) is 3.14. The van der Waals surface area contributed by atoms with Crippen molar-refractivity contribution in [2.24, 2.45) is 0 Å². The van der Waals surface area contributed by atoms with Crippen molar-refractivity contribution in [2.75, 3.05) is 24.4 Å². The first kappa shape index (κ1) is 22.5. The summed E-state index contributed by atoms with van der Waals surface area (Å²) in [5.41, 5.74) is 1.89. The minimum atomic E-state index is -0.469. The first-order chi connectivity index (χ1) is 15.4. The summed E-state index contributed by atoms with van der Waals surface area (Å²) in [4.78, 5) is 36.8. The first-order valence-electron chi connectivity index (χ1n) is 9.83. The van der Waals surface area contributed by atoms with Crippen LogP contribution in [-0.4, -0.2) is 46.5 Å². The van der Waals surface area contributed by atoms with Gasteiger partial charge in [0, 0.05) is 11.4 Å². The molecule has 166 valence electrons. The highest BCUT2D eigenvalue weighted by Gasteiger charge is 2.18. The van der Waals surface area contributed by atoms with Crippen molar-refractivity contribution in [3.8, 4) is 5.75 Å². The summed E-state index contributed by atoms with van der Waals surface area (Å²) in [6.45, 7) is 3.47. The lowest BCUT2D eigenvalue weighted by atomic mass is 10.2. The zero-order valence-corrected chi connectivity index (χ0v) is 17.9. The van der Waals surface area contributed by atoms with E-state index in [0.29, 0.717) is 28.4 Å². The molecule has 3 rings (SSSR count). The van der Waals surface area contributed by atoms with Crippen LogP contribution in [0.15, 0.2) is 48.5 Å². The molecule has 0 fully saturated rings. The molecule has 2 aromatic carbocycles. The summed E-state index contributed by atoms with van der Waals surface area (Å²) in [6, 6.07) is 13.3. The number of carbonyl (C=O) groups excluding carboxylic acids is 3. The number of carbonyl (C=O) groups is 3. The van der Waals surface area contributed by atoms with Gasteiger partial charge < -0.3 is 20.1 Å². The van der Waals surface area contributed by atoms with Gasteiger partial charge in [0.15, 0.2) is 5.69 Å². The van der Waals surface area contributed by atoms with Crippen molar-refractivity contribution >= 4 is 29.2 Å². The number of aromatic nitrogens is 3. The number of hydrogen-bond acceptors (Lipinski definition) is 7. The van der Waals surface area contributed by atoms with Gasteiger partial charge in [-0.3, -0.25) is 9.59 Å². The molecule has 2 N–H and O–H groups in total. The number of ether oxygens (including phenoxy) is 2. The second kappa shape index (κ2) is 10.2. The predicted molar refractivity (Wildman–Crippen MR) is 117 cm³/mol. The molecule has 0 aliphatic heterocycles. The highest BCUT2D eigenvalue weighted by molar-refractivity contribution is 6.03. The van der Waals surface area contributed by atoms with Gasteiger partial charge in [0.05, 0.1) is 25.0 Å². The molecular weight excluding hydrogens is 414 g/mol. The molecule has 0 unspecified atom stereocenters. The number of anilines is 2. The lowest BCUT2D eigenvalue weighted by Gasteiger charge is -2.08. The van der Waals surface area contributed by atoms with Crippen molar-refractivity contribution in [3.05, 3.63) is 65.5 Å². The van der Waals surface area contributed by atoms with Crippen molar-refractivity contribution in [3.63, 3.8) is 0 Å². The number of benzene rings is 2. The minimum Gasteiger partial charge on any atom is -0.497 e. The lowest BCUT2D eigenvalue weighted by Crippen LogP contribution is -2.21. The molecule has 0 aliphatic carbocycles. The number of rotatable bonds is 8. The number of esters is 1. The Labute approximate surface area is 184 Å². The van der Waals surface area contributed by atoms with E-state index in [2.05, 4.69) is 20.9 Å². The maximum absolute atomic E-state index is 12.5. The maximum atomic E-state index is 12.5. The third-order valence-corrected chi connectivity index (χ3v) is 4.50. The third-order valence-electron chi connectivity index (χ3n) is 4.50. The Hall–Kier alpha value is -4.21. The minimum absolute atomic E-state index is 0.109. The Kier molecular flexibility index (Phi) is 7.17. The first-order valence-corrected chi connectivity index (χ1v) is 9.83. The van der Waals surface area contributed by atoms with Crippen LogP contribution in [0.2, 0.25) is 0 Å². The van der Waals surface area contributed by atoms with Crippen LogP contribution in [0.3, 0.4) is 0 Å². The van der Waals surface area contributed by atoms with Gasteiger partial charge in [-0.25, -0.2) is 9.48 Å². The Bertz CT molecular complexity index is 1120. The van der Waals surface area contributed by atoms with Crippen molar-refractivity contribution in [1.29, 1.82) is 0 Å². The summed E-state index contributed by atoms with van der Waals surface area (Å²) in [5.74, 6) is -0.630. The van der Waals surface area contributed by atoms with Crippen molar-refractivity contribution < 1.29 is 23.9 Å². The molecule has 0 aliphatic rings. The van der Waals surface area contributed by atoms with E-state index in [1.165, 1.54) is 10.7 Å². The van der Waals surface area contributed by atoms with Crippen molar-refractivity contribution in [2.45, 2.75) is 20.4 Å². The third kappa shape index (κ3) is 5.48. The molecule has 0 atom stereocenters. The molecule has 10 heteroatoms. The van der Waals surface area contributed by atoms with Crippen LogP contribution < -0.4 is 15.4 Å². The fourth-order valence-corrected chi connectivity index (χ4v) is 2.86. The van der Waals surface area contributed by atoms with Crippen molar-refractivity contribution in [1.82, 2.24) is 15.0 Å². The quantitative estimate of drug-likeness (QED) is 0.519. The smallest absolute Gasteiger partial charge is 0.338 e. The second-order valence-corrected chi connectivity index (χ2v) is 6.71. The predicted octanol–water partition coefficient (Wildman–Crippen LogP) is 2.66. The lowest BCUT2D eigenvalue weighted by molar-refractivity contribution is -0.117. The molecule has 0 spiro atoms.